The summed E-state index contributed by atoms with van der Waals surface area (Å²) in [6.45, 7) is 2.45. The summed E-state index contributed by atoms with van der Waals surface area (Å²) in [6, 6.07) is 17.9. The number of aryl methyl sites for hydroxylation is 1. The molecule has 1 aliphatic heterocycles. The maximum atomic E-state index is 14.7. The van der Waals surface area contributed by atoms with Gasteiger partial charge in [0.05, 0.1) is 35.4 Å². The zero-order valence-electron chi connectivity index (χ0n) is 22.2. The second-order valence-corrected chi connectivity index (χ2v) is 9.98. The Morgan fingerprint density at radius 2 is 1.75 bits per heavy atom. The third-order valence-electron chi connectivity index (χ3n) is 7.08. The van der Waals surface area contributed by atoms with E-state index in [1.165, 1.54) is 6.07 Å². The number of hydrogen-bond acceptors (Lipinski definition) is 7. The molecule has 1 aliphatic rings. The highest BCUT2D eigenvalue weighted by atomic mass is 19.1. The van der Waals surface area contributed by atoms with Gasteiger partial charge in [0.15, 0.2) is 5.78 Å². The van der Waals surface area contributed by atoms with Crippen LogP contribution in [0.25, 0.3) is 22.2 Å². The van der Waals surface area contributed by atoms with Crippen molar-refractivity contribution in [2.24, 2.45) is 7.05 Å². The van der Waals surface area contributed by atoms with Crippen molar-refractivity contribution in [2.75, 3.05) is 25.0 Å². The van der Waals surface area contributed by atoms with Gasteiger partial charge in [-0.3, -0.25) is 19.7 Å². The standard InChI is InChI=1S/C31H29FN6O2/c1-37-30-7-5-25(40-26-10-13-34-23(18-26)17-24(39)20-38-14-2-3-15-38)19-29(30)36-31(37)35-28-16-22(4-6-27(28)32)21-8-11-33-12-9-21/h4-13,16,18-19H,2-3,14-15,17,20H2,1H3,(H,35,36). The highest BCUT2D eigenvalue weighted by molar-refractivity contribution is 5.83. The number of hydrogen-bond donors (Lipinski definition) is 1. The van der Waals surface area contributed by atoms with Crippen molar-refractivity contribution in [1.29, 1.82) is 0 Å². The van der Waals surface area contributed by atoms with E-state index in [4.69, 9.17) is 9.72 Å². The monoisotopic (exact) mass is 536 g/mol. The average Bonchev–Trinajstić information content (AvgIpc) is 3.58. The van der Waals surface area contributed by atoms with Gasteiger partial charge in [0, 0.05) is 37.8 Å². The van der Waals surface area contributed by atoms with Crippen molar-refractivity contribution in [3.05, 3.63) is 90.8 Å². The molecule has 202 valence electrons. The van der Waals surface area contributed by atoms with Crippen molar-refractivity contribution in [1.82, 2.24) is 24.4 Å². The van der Waals surface area contributed by atoms with Gasteiger partial charge < -0.3 is 14.6 Å². The predicted octanol–water partition coefficient (Wildman–Crippen LogP) is 5.91. The lowest BCUT2D eigenvalue weighted by Gasteiger charge is -2.13. The molecule has 5 aromatic rings. The maximum Gasteiger partial charge on any atom is 0.208 e. The first-order valence-electron chi connectivity index (χ1n) is 13.3. The molecule has 1 fully saturated rings. The number of halogens is 1. The normalized spacial score (nSPS) is 13.6. The van der Waals surface area contributed by atoms with Gasteiger partial charge in [-0.25, -0.2) is 9.37 Å². The number of nitrogens with one attached hydrogen (secondary N) is 1. The predicted molar refractivity (Wildman–Crippen MR) is 152 cm³/mol. The Labute approximate surface area is 231 Å². The summed E-state index contributed by atoms with van der Waals surface area (Å²) in [7, 11) is 1.87. The van der Waals surface area contributed by atoms with Crippen molar-refractivity contribution >= 4 is 28.5 Å². The van der Waals surface area contributed by atoms with E-state index in [2.05, 4.69) is 20.2 Å². The van der Waals surface area contributed by atoms with Gasteiger partial charge in [0.2, 0.25) is 5.95 Å². The fourth-order valence-corrected chi connectivity index (χ4v) is 5.02. The van der Waals surface area contributed by atoms with E-state index in [9.17, 15) is 9.18 Å². The molecule has 0 spiro atoms. The number of rotatable bonds is 9. The number of ether oxygens (including phenoxy) is 1. The number of Topliss-reactive ketones (excluding diaryl/α,β-unsaturated/α-hetero) is 1. The van der Waals surface area contributed by atoms with Crippen LogP contribution in [0, 0.1) is 5.82 Å². The van der Waals surface area contributed by atoms with Crippen molar-refractivity contribution in [3.8, 4) is 22.6 Å². The molecule has 4 heterocycles. The number of likely N-dealkylation sites (tertiary alicyclic amines) is 1. The summed E-state index contributed by atoms with van der Waals surface area (Å²) in [5.74, 6) is 1.48. The van der Waals surface area contributed by atoms with Crippen LogP contribution in [0.5, 0.6) is 11.5 Å². The van der Waals surface area contributed by atoms with Crippen LogP contribution in [0.1, 0.15) is 18.5 Å². The maximum absolute atomic E-state index is 14.7. The van der Waals surface area contributed by atoms with Gasteiger partial charge in [-0.1, -0.05) is 6.07 Å². The van der Waals surface area contributed by atoms with Crippen LogP contribution in [0.4, 0.5) is 16.0 Å². The summed E-state index contributed by atoms with van der Waals surface area (Å²) in [5, 5.41) is 3.14. The van der Waals surface area contributed by atoms with Gasteiger partial charge in [-0.05, 0) is 79.5 Å². The molecule has 0 bridgehead atoms. The number of nitrogens with zero attached hydrogens (tertiary/aromatic N) is 5. The molecule has 2 aromatic carbocycles. The minimum atomic E-state index is -0.374. The topological polar surface area (TPSA) is 85.2 Å². The van der Waals surface area contributed by atoms with Gasteiger partial charge in [-0.15, -0.1) is 0 Å². The number of benzene rings is 2. The molecule has 6 rings (SSSR count). The van der Waals surface area contributed by atoms with Gasteiger partial charge in [-0.2, -0.15) is 0 Å². The quantitative estimate of drug-likeness (QED) is 0.251. The van der Waals surface area contributed by atoms with E-state index in [-0.39, 0.29) is 18.0 Å². The summed E-state index contributed by atoms with van der Waals surface area (Å²) in [6.07, 6.45) is 7.66. The number of carbonyl (C=O) groups is 1. The first-order chi connectivity index (χ1) is 19.5. The minimum absolute atomic E-state index is 0.157. The van der Waals surface area contributed by atoms with Gasteiger partial charge in [0.1, 0.15) is 17.3 Å². The zero-order valence-corrected chi connectivity index (χ0v) is 22.2. The lowest BCUT2D eigenvalue weighted by molar-refractivity contribution is -0.119. The van der Waals surface area contributed by atoms with Crippen LogP contribution in [-0.4, -0.2) is 49.8 Å². The number of pyridine rings is 2. The van der Waals surface area contributed by atoms with Crippen molar-refractivity contribution in [3.63, 3.8) is 0 Å². The summed E-state index contributed by atoms with van der Waals surface area (Å²) >= 11 is 0. The zero-order chi connectivity index (χ0) is 27.5. The fraction of sp³-hybridized carbons (Fsp3) is 0.226. The third kappa shape index (κ3) is 5.69. The highest BCUT2D eigenvalue weighted by Crippen LogP contribution is 2.30. The Kier molecular flexibility index (Phi) is 7.20. The molecule has 1 saturated heterocycles. The lowest BCUT2D eigenvalue weighted by atomic mass is 10.1. The molecule has 0 atom stereocenters. The van der Waals surface area contributed by atoms with Crippen molar-refractivity contribution in [2.45, 2.75) is 19.3 Å². The molecule has 9 heteroatoms. The van der Waals surface area contributed by atoms with Crippen LogP contribution < -0.4 is 10.1 Å². The summed E-state index contributed by atoms with van der Waals surface area (Å²) in [4.78, 5) is 27.8. The van der Waals surface area contributed by atoms with E-state index in [0.717, 1.165) is 42.6 Å². The number of ketones is 1. The molecule has 0 aliphatic carbocycles. The highest BCUT2D eigenvalue weighted by Gasteiger charge is 2.16. The Morgan fingerprint density at radius 3 is 2.58 bits per heavy atom. The largest absolute Gasteiger partial charge is 0.457 e. The van der Waals surface area contributed by atoms with Crippen LogP contribution in [0.15, 0.2) is 79.3 Å². The Hall–Kier alpha value is -4.63. The Balaban J connectivity index is 1.18. The fourth-order valence-electron chi connectivity index (χ4n) is 5.02. The molecule has 0 radical (unpaired) electrons. The smallest absolute Gasteiger partial charge is 0.208 e. The minimum Gasteiger partial charge on any atom is -0.457 e. The van der Waals surface area contributed by atoms with Crippen molar-refractivity contribution < 1.29 is 13.9 Å². The molecule has 40 heavy (non-hydrogen) atoms. The Morgan fingerprint density at radius 1 is 0.950 bits per heavy atom. The van der Waals surface area contributed by atoms with E-state index in [1.807, 2.05) is 41.9 Å². The van der Waals surface area contributed by atoms with Crippen LogP contribution in [0.2, 0.25) is 0 Å². The first-order valence-corrected chi connectivity index (χ1v) is 13.3. The van der Waals surface area contributed by atoms with Gasteiger partial charge >= 0.3 is 0 Å². The second-order valence-electron chi connectivity index (χ2n) is 9.98. The first kappa shape index (κ1) is 25.6. The molecule has 1 N–H and O–H groups in total. The van der Waals surface area contributed by atoms with Crippen LogP contribution in [-0.2, 0) is 18.3 Å². The molecule has 3 aromatic heterocycles. The average molecular weight is 537 g/mol. The van der Waals surface area contributed by atoms with E-state index >= 15 is 0 Å². The SMILES string of the molecule is Cn1c(Nc2cc(-c3ccncc3)ccc2F)nc2cc(Oc3ccnc(CC(=O)CN4CCCC4)c3)ccc21. The van der Waals surface area contributed by atoms with E-state index < -0.39 is 0 Å². The number of imidazole rings is 1. The molecular formula is C31H29FN6O2. The summed E-state index contributed by atoms with van der Waals surface area (Å²) < 4.78 is 22.7. The van der Waals surface area contributed by atoms with Gasteiger partial charge in [0.25, 0.3) is 0 Å². The van der Waals surface area contributed by atoms with E-state index in [1.54, 1.807) is 42.9 Å². The lowest BCUT2D eigenvalue weighted by Crippen LogP contribution is -2.27. The molecular weight excluding hydrogens is 507 g/mol. The number of carbonyl (C=O) groups excluding carboxylic acids is 1. The Bertz CT molecular complexity index is 1660. The molecule has 8 nitrogen and oxygen atoms in total. The van der Waals surface area contributed by atoms with E-state index in [0.29, 0.717) is 40.9 Å². The molecule has 0 unspecified atom stereocenters. The number of anilines is 2. The summed E-state index contributed by atoms with van der Waals surface area (Å²) in [5.41, 5.74) is 4.39. The number of fused-ring (bicyclic) bond motifs is 1. The second kappa shape index (κ2) is 11.2. The molecule has 0 amide bonds. The van der Waals surface area contributed by atoms with Crippen LogP contribution >= 0.6 is 0 Å². The third-order valence-corrected chi connectivity index (χ3v) is 7.08. The van der Waals surface area contributed by atoms with Crippen LogP contribution in [0.3, 0.4) is 0 Å². The number of aromatic nitrogens is 4. The molecule has 0 saturated carbocycles.